The molecule has 2 rings (SSSR count). The monoisotopic (exact) mass is 312 g/mol. The van der Waals surface area contributed by atoms with Crippen LogP contribution in [0, 0.1) is 11.3 Å². The predicted octanol–water partition coefficient (Wildman–Crippen LogP) is 2.42. The summed E-state index contributed by atoms with van der Waals surface area (Å²) >= 11 is 0. The number of nitrogens with one attached hydrogen (secondary N) is 1. The SMILES string of the molecule is C[C@H]1C[C@@H](OC[C@@H](O)C[NH+]2[C@@H](C)CCC[C@@H]2C)CC(C)(C)C1. The summed E-state index contributed by atoms with van der Waals surface area (Å²) in [6.07, 6.45) is 7.52. The molecule has 1 aliphatic carbocycles. The van der Waals surface area contributed by atoms with Gasteiger partial charge in [-0.2, -0.15) is 0 Å². The quantitative estimate of drug-likeness (QED) is 0.817. The van der Waals surface area contributed by atoms with E-state index in [4.69, 9.17) is 4.74 Å². The summed E-state index contributed by atoms with van der Waals surface area (Å²) in [6.45, 7) is 13.0. The van der Waals surface area contributed by atoms with Gasteiger partial charge in [-0.15, -0.1) is 0 Å². The van der Waals surface area contributed by atoms with Crippen molar-refractivity contribution in [2.75, 3.05) is 13.2 Å². The van der Waals surface area contributed by atoms with Crippen LogP contribution in [-0.2, 0) is 4.74 Å². The summed E-state index contributed by atoms with van der Waals surface area (Å²) in [5.41, 5.74) is 0.383. The molecule has 0 aromatic carbocycles. The van der Waals surface area contributed by atoms with Gasteiger partial charge in [-0.3, -0.25) is 0 Å². The molecule has 0 radical (unpaired) electrons. The van der Waals surface area contributed by atoms with Crippen LogP contribution in [0.5, 0.6) is 0 Å². The van der Waals surface area contributed by atoms with E-state index in [2.05, 4.69) is 34.6 Å². The maximum Gasteiger partial charge on any atom is 0.126 e. The van der Waals surface area contributed by atoms with Crippen molar-refractivity contribution in [3.05, 3.63) is 0 Å². The van der Waals surface area contributed by atoms with Crippen LogP contribution in [0.3, 0.4) is 0 Å². The zero-order valence-corrected chi connectivity index (χ0v) is 15.4. The molecule has 1 heterocycles. The molecule has 1 saturated carbocycles. The number of likely N-dealkylation sites (tertiary alicyclic amines) is 1. The van der Waals surface area contributed by atoms with Gasteiger partial charge in [0.05, 0.1) is 24.8 Å². The minimum Gasteiger partial charge on any atom is -0.385 e. The Balaban J connectivity index is 1.76. The average molecular weight is 313 g/mol. The molecule has 1 aliphatic heterocycles. The van der Waals surface area contributed by atoms with Crippen LogP contribution in [0.25, 0.3) is 0 Å². The maximum absolute atomic E-state index is 10.4. The van der Waals surface area contributed by atoms with Gasteiger partial charge in [0.1, 0.15) is 12.6 Å². The van der Waals surface area contributed by atoms with Crippen LogP contribution in [0.4, 0.5) is 0 Å². The van der Waals surface area contributed by atoms with Crippen molar-refractivity contribution < 1.29 is 14.7 Å². The molecule has 3 nitrogen and oxygen atoms in total. The maximum atomic E-state index is 10.4. The second-order valence-electron chi connectivity index (χ2n) is 9.03. The van der Waals surface area contributed by atoms with E-state index in [0.717, 1.165) is 25.3 Å². The Morgan fingerprint density at radius 2 is 1.77 bits per heavy atom. The first kappa shape index (κ1) is 18.2. The van der Waals surface area contributed by atoms with E-state index >= 15 is 0 Å². The lowest BCUT2D eigenvalue weighted by atomic mass is 9.71. The highest BCUT2D eigenvalue weighted by Crippen LogP contribution is 2.39. The van der Waals surface area contributed by atoms with E-state index in [1.54, 1.807) is 4.90 Å². The first-order valence-corrected chi connectivity index (χ1v) is 9.42. The molecule has 0 unspecified atom stereocenters. The highest BCUT2D eigenvalue weighted by atomic mass is 16.5. The minimum atomic E-state index is -0.321. The molecule has 2 aliphatic rings. The summed E-state index contributed by atoms with van der Waals surface area (Å²) in [4.78, 5) is 1.57. The molecule has 0 bridgehead atoms. The van der Waals surface area contributed by atoms with Crippen molar-refractivity contribution in [2.24, 2.45) is 11.3 Å². The van der Waals surface area contributed by atoms with Crippen molar-refractivity contribution in [1.82, 2.24) is 0 Å². The van der Waals surface area contributed by atoms with Crippen molar-refractivity contribution in [3.63, 3.8) is 0 Å². The number of piperidine rings is 1. The van der Waals surface area contributed by atoms with Crippen molar-refractivity contribution in [3.8, 4) is 0 Å². The Kier molecular flexibility index (Phi) is 6.32. The second-order valence-corrected chi connectivity index (χ2v) is 9.03. The van der Waals surface area contributed by atoms with E-state index in [9.17, 15) is 5.11 Å². The fourth-order valence-electron chi connectivity index (χ4n) is 4.95. The van der Waals surface area contributed by atoms with Gasteiger partial charge in [0.2, 0.25) is 0 Å². The van der Waals surface area contributed by atoms with Crippen molar-refractivity contribution >= 4 is 0 Å². The highest BCUT2D eigenvalue weighted by molar-refractivity contribution is 4.83. The molecule has 2 fully saturated rings. The molecule has 130 valence electrons. The van der Waals surface area contributed by atoms with Crippen LogP contribution < -0.4 is 4.90 Å². The average Bonchev–Trinajstić information content (AvgIpc) is 2.38. The van der Waals surface area contributed by atoms with Gasteiger partial charge in [0, 0.05) is 0 Å². The fourth-order valence-corrected chi connectivity index (χ4v) is 4.95. The molecule has 22 heavy (non-hydrogen) atoms. The van der Waals surface area contributed by atoms with Crippen LogP contribution in [0.1, 0.15) is 73.1 Å². The molecular formula is C19H38NO2+. The van der Waals surface area contributed by atoms with E-state index in [-0.39, 0.29) is 6.10 Å². The van der Waals surface area contributed by atoms with Crippen LogP contribution in [0.2, 0.25) is 0 Å². The molecule has 0 spiro atoms. The van der Waals surface area contributed by atoms with E-state index in [1.807, 2.05) is 0 Å². The normalized spacial score (nSPS) is 37.9. The number of hydrogen-bond donors (Lipinski definition) is 2. The molecule has 1 saturated heterocycles. The second kappa shape index (κ2) is 7.63. The summed E-state index contributed by atoms with van der Waals surface area (Å²) < 4.78 is 6.10. The Hall–Kier alpha value is -0.120. The molecular weight excluding hydrogens is 274 g/mol. The van der Waals surface area contributed by atoms with Gasteiger partial charge >= 0.3 is 0 Å². The number of hydrogen-bond acceptors (Lipinski definition) is 2. The Morgan fingerprint density at radius 3 is 2.36 bits per heavy atom. The molecule has 5 atom stereocenters. The standard InChI is InChI=1S/C19H37NO2/c1-14-9-18(11-19(4,5)10-14)22-13-17(21)12-20-15(2)7-6-8-16(20)3/h14-18,21H,6-13H2,1-5H3/p+1/t14-,15-,16-,17-,18+/m0/s1. The summed E-state index contributed by atoms with van der Waals surface area (Å²) in [5.74, 6) is 0.735. The van der Waals surface area contributed by atoms with Gasteiger partial charge in [-0.25, -0.2) is 0 Å². The van der Waals surface area contributed by atoms with Gasteiger partial charge < -0.3 is 14.7 Å². The highest BCUT2D eigenvalue weighted by Gasteiger charge is 2.34. The summed E-state index contributed by atoms with van der Waals surface area (Å²) in [5, 5.41) is 10.4. The molecule has 0 aromatic heterocycles. The van der Waals surface area contributed by atoms with Gasteiger partial charge in [-0.05, 0) is 63.7 Å². The Morgan fingerprint density at radius 1 is 1.14 bits per heavy atom. The van der Waals surface area contributed by atoms with E-state index in [1.165, 1.54) is 25.7 Å². The topological polar surface area (TPSA) is 33.9 Å². The number of aliphatic hydroxyl groups excluding tert-OH is 1. The van der Waals surface area contributed by atoms with Crippen LogP contribution in [0.15, 0.2) is 0 Å². The Bertz CT molecular complexity index is 334. The number of quaternary nitrogens is 1. The zero-order chi connectivity index (χ0) is 16.3. The summed E-state index contributed by atoms with van der Waals surface area (Å²) in [6, 6.07) is 1.35. The largest absolute Gasteiger partial charge is 0.385 e. The zero-order valence-electron chi connectivity index (χ0n) is 15.4. The number of aliphatic hydroxyl groups is 1. The predicted molar refractivity (Wildman–Crippen MR) is 91.1 cm³/mol. The third-order valence-electron chi connectivity index (χ3n) is 5.88. The van der Waals surface area contributed by atoms with Crippen molar-refractivity contribution in [1.29, 1.82) is 0 Å². The number of rotatable bonds is 5. The molecule has 3 heteroatoms. The third-order valence-corrected chi connectivity index (χ3v) is 5.88. The van der Waals surface area contributed by atoms with Gasteiger partial charge in [0.15, 0.2) is 0 Å². The van der Waals surface area contributed by atoms with Crippen LogP contribution in [-0.4, -0.2) is 42.5 Å². The summed E-state index contributed by atoms with van der Waals surface area (Å²) in [7, 11) is 0. The lowest BCUT2D eigenvalue weighted by Gasteiger charge is -2.39. The molecule has 0 aromatic rings. The lowest BCUT2D eigenvalue weighted by Crippen LogP contribution is -3.20. The first-order chi connectivity index (χ1) is 10.3. The van der Waals surface area contributed by atoms with Gasteiger partial charge in [0.25, 0.3) is 0 Å². The van der Waals surface area contributed by atoms with Gasteiger partial charge in [-0.1, -0.05) is 20.8 Å². The Labute approximate surface area is 137 Å². The molecule has 0 amide bonds. The number of ether oxygens (including phenoxy) is 1. The first-order valence-electron chi connectivity index (χ1n) is 9.42. The minimum absolute atomic E-state index is 0.321. The van der Waals surface area contributed by atoms with Crippen LogP contribution >= 0.6 is 0 Å². The molecule has 2 N–H and O–H groups in total. The van der Waals surface area contributed by atoms with Crippen molar-refractivity contribution in [2.45, 2.75) is 97.4 Å². The smallest absolute Gasteiger partial charge is 0.126 e. The van der Waals surface area contributed by atoms with E-state index < -0.39 is 0 Å². The third kappa shape index (κ3) is 5.21. The lowest BCUT2D eigenvalue weighted by molar-refractivity contribution is -0.954. The van der Waals surface area contributed by atoms with E-state index in [0.29, 0.717) is 30.2 Å². The fraction of sp³-hybridized carbons (Fsp3) is 1.00.